The Labute approximate surface area is 212 Å². The summed E-state index contributed by atoms with van der Waals surface area (Å²) in [5.41, 5.74) is 4.32. The fourth-order valence-electron chi connectivity index (χ4n) is 4.01. The van der Waals surface area contributed by atoms with Crippen LogP contribution in [0.15, 0.2) is 66.9 Å². The number of amides is 3. The van der Waals surface area contributed by atoms with Crippen LogP contribution in [-0.2, 0) is 14.4 Å². The minimum atomic E-state index is -0.888. The van der Waals surface area contributed by atoms with Gasteiger partial charge in [-0.2, -0.15) is 0 Å². The van der Waals surface area contributed by atoms with E-state index in [0.717, 1.165) is 16.7 Å². The van der Waals surface area contributed by atoms with E-state index in [4.69, 9.17) is 0 Å². The number of rotatable bonds is 9. The van der Waals surface area contributed by atoms with Gasteiger partial charge < -0.3 is 10.6 Å². The van der Waals surface area contributed by atoms with E-state index in [0.29, 0.717) is 17.1 Å². The van der Waals surface area contributed by atoms with Gasteiger partial charge in [-0.05, 0) is 63.9 Å². The van der Waals surface area contributed by atoms with Crippen LogP contribution >= 0.6 is 0 Å². The maximum Gasteiger partial charge on any atom is 0.248 e. The second-order valence-corrected chi connectivity index (χ2v) is 9.29. The van der Waals surface area contributed by atoms with Crippen molar-refractivity contribution < 1.29 is 14.4 Å². The number of aromatic nitrogens is 1. The van der Waals surface area contributed by atoms with E-state index in [1.165, 1.54) is 4.90 Å². The first kappa shape index (κ1) is 26.6. The molecule has 0 radical (unpaired) electrons. The van der Waals surface area contributed by atoms with Crippen LogP contribution in [0.25, 0.3) is 0 Å². The Kier molecular flexibility index (Phi) is 8.95. The number of aryl methyl sites for hydroxylation is 3. The summed E-state index contributed by atoms with van der Waals surface area (Å²) in [6.45, 7) is 9.64. The number of hydrogen-bond acceptors (Lipinski definition) is 4. The number of hydrogen-bond donors (Lipinski definition) is 2. The lowest BCUT2D eigenvalue weighted by Crippen LogP contribution is -2.46. The predicted molar refractivity (Wildman–Crippen MR) is 143 cm³/mol. The molecule has 1 atom stereocenters. The fourth-order valence-corrected chi connectivity index (χ4v) is 4.01. The van der Waals surface area contributed by atoms with Gasteiger partial charge in [0.2, 0.25) is 17.7 Å². The molecule has 0 spiro atoms. The Morgan fingerprint density at radius 1 is 0.889 bits per heavy atom. The maximum absolute atomic E-state index is 13.8. The molecule has 3 amide bonds. The first-order valence-electron chi connectivity index (χ1n) is 12.1. The van der Waals surface area contributed by atoms with Gasteiger partial charge in [-0.1, -0.05) is 53.6 Å². The van der Waals surface area contributed by atoms with E-state index in [1.807, 2.05) is 77.1 Å². The minimum absolute atomic E-state index is 0.0385. The Morgan fingerprint density at radius 3 is 2.19 bits per heavy atom. The van der Waals surface area contributed by atoms with Crippen molar-refractivity contribution in [3.63, 3.8) is 0 Å². The topological polar surface area (TPSA) is 91.4 Å². The van der Waals surface area contributed by atoms with Gasteiger partial charge in [-0.15, -0.1) is 0 Å². The third kappa shape index (κ3) is 7.01. The second-order valence-electron chi connectivity index (χ2n) is 9.29. The lowest BCUT2D eigenvalue weighted by atomic mass is 9.99. The smallest absolute Gasteiger partial charge is 0.248 e. The fraction of sp³-hybridized carbons (Fsp3) is 0.310. The Hall–Kier alpha value is -4.00. The number of carbonyl (C=O) groups is 3. The molecule has 0 saturated heterocycles. The summed E-state index contributed by atoms with van der Waals surface area (Å²) in [5, 5.41) is 5.68. The van der Waals surface area contributed by atoms with Gasteiger partial charge in [-0.3, -0.25) is 19.3 Å². The molecule has 2 aromatic carbocycles. The van der Waals surface area contributed by atoms with Crippen molar-refractivity contribution in [1.82, 2.24) is 10.3 Å². The molecule has 0 aliphatic heterocycles. The van der Waals surface area contributed by atoms with E-state index >= 15 is 0 Å². The summed E-state index contributed by atoms with van der Waals surface area (Å²) in [6.07, 6.45) is 1.48. The standard InChI is InChI=1S/C29H34N4O3/c1-19(2)31-29(36)28(23-12-9-20(3)10-13-23)33(24-14-11-21(4)18-22(24)5)27(35)16-15-26(34)32-25-8-6-7-17-30-25/h6-14,17-19,28H,15-16H2,1-5H3,(H,31,36)(H,30,32,34). The van der Waals surface area contributed by atoms with E-state index in [1.54, 1.807) is 24.4 Å². The Bertz CT molecular complexity index is 1210. The van der Waals surface area contributed by atoms with E-state index in [2.05, 4.69) is 15.6 Å². The Balaban J connectivity index is 1.97. The molecule has 36 heavy (non-hydrogen) atoms. The van der Waals surface area contributed by atoms with Crippen molar-refractivity contribution >= 4 is 29.2 Å². The molecule has 7 heteroatoms. The Morgan fingerprint density at radius 2 is 1.58 bits per heavy atom. The van der Waals surface area contributed by atoms with Crippen molar-refractivity contribution in [1.29, 1.82) is 0 Å². The summed E-state index contributed by atoms with van der Waals surface area (Å²) in [6, 6.07) is 17.6. The van der Waals surface area contributed by atoms with Gasteiger partial charge >= 0.3 is 0 Å². The average Bonchev–Trinajstić information content (AvgIpc) is 2.82. The minimum Gasteiger partial charge on any atom is -0.352 e. The molecule has 0 saturated carbocycles. The lowest BCUT2D eigenvalue weighted by Gasteiger charge is -2.33. The van der Waals surface area contributed by atoms with Gasteiger partial charge in [-0.25, -0.2) is 4.98 Å². The molecule has 3 rings (SSSR count). The number of benzene rings is 2. The molecule has 0 bridgehead atoms. The molecule has 7 nitrogen and oxygen atoms in total. The van der Waals surface area contributed by atoms with E-state index in [9.17, 15) is 14.4 Å². The molecule has 1 aromatic heterocycles. The van der Waals surface area contributed by atoms with Crippen LogP contribution in [-0.4, -0.2) is 28.7 Å². The molecule has 0 aliphatic carbocycles. The normalized spacial score (nSPS) is 11.6. The highest BCUT2D eigenvalue weighted by Crippen LogP contribution is 2.32. The van der Waals surface area contributed by atoms with Crippen molar-refractivity contribution in [2.24, 2.45) is 0 Å². The van der Waals surface area contributed by atoms with Gasteiger partial charge in [0.15, 0.2) is 0 Å². The highest BCUT2D eigenvalue weighted by atomic mass is 16.2. The third-order valence-electron chi connectivity index (χ3n) is 5.71. The van der Waals surface area contributed by atoms with Crippen LogP contribution in [0.3, 0.4) is 0 Å². The summed E-state index contributed by atoms with van der Waals surface area (Å²) in [5.74, 6) is -0.487. The zero-order chi connectivity index (χ0) is 26.2. The molecule has 0 fully saturated rings. The third-order valence-corrected chi connectivity index (χ3v) is 5.71. The van der Waals surface area contributed by atoms with Crippen LogP contribution in [0.1, 0.15) is 55.0 Å². The van der Waals surface area contributed by atoms with Gasteiger partial charge in [0.1, 0.15) is 11.9 Å². The number of nitrogens with zero attached hydrogens (tertiary/aromatic N) is 2. The van der Waals surface area contributed by atoms with E-state index in [-0.39, 0.29) is 36.6 Å². The summed E-state index contributed by atoms with van der Waals surface area (Å²) >= 11 is 0. The predicted octanol–water partition coefficient (Wildman–Crippen LogP) is 5.02. The molecular formula is C29H34N4O3. The van der Waals surface area contributed by atoms with Gasteiger partial charge in [0, 0.05) is 30.8 Å². The van der Waals surface area contributed by atoms with Crippen molar-refractivity contribution in [2.45, 2.75) is 59.5 Å². The highest BCUT2D eigenvalue weighted by molar-refractivity contribution is 6.03. The van der Waals surface area contributed by atoms with Gasteiger partial charge in [0.05, 0.1) is 0 Å². The van der Waals surface area contributed by atoms with Crippen LogP contribution in [0.4, 0.5) is 11.5 Å². The highest BCUT2D eigenvalue weighted by Gasteiger charge is 2.33. The van der Waals surface area contributed by atoms with Crippen LogP contribution in [0.2, 0.25) is 0 Å². The van der Waals surface area contributed by atoms with Gasteiger partial charge in [0.25, 0.3) is 0 Å². The monoisotopic (exact) mass is 486 g/mol. The van der Waals surface area contributed by atoms with Crippen molar-refractivity contribution in [3.8, 4) is 0 Å². The molecule has 1 unspecified atom stereocenters. The molecule has 2 N–H and O–H groups in total. The second kappa shape index (κ2) is 12.1. The first-order chi connectivity index (χ1) is 17.2. The molecule has 0 aliphatic rings. The number of carbonyl (C=O) groups excluding carboxylic acids is 3. The van der Waals surface area contributed by atoms with E-state index < -0.39 is 6.04 Å². The summed E-state index contributed by atoms with van der Waals surface area (Å²) in [4.78, 5) is 45.5. The molecule has 1 heterocycles. The molecule has 3 aromatic rings. The van der Waals surface area contributed by atoms with Crippen LogP contribution < -0.4 is 15.5 Å². The zero-order valence-corrected chi connectivity index (χ0v) is 21.5. The maximum atomic E-state index is 13.8. The number of nitrogens with one attached hydrogen (secondary N) is 2. The summed E-state index contributed by atoms with van der Waals surface area (Å²) < 4.78 is 0. The van der Waals surface area contributed by atoms with Crippen LogP contribution in [0, 0.1) is 20.8 Å². The summed E-state index contributed by atoms with van der Waals surface area (Å²) in [7, 11) is 0. The SMILES string of the molecule is Cc1ccc(C(C(=O)NC(C)C)N(C(=O)CCC(=O)Nc2ccccn2)c2ccc(C)cc2C)cc1. The zero-order valence-electron chi connectivity index (χ0n) is 21.5. The number of pyridine rings is 1. The molecular weight excluding hydrogens is 452 g/mol. The van der Waals surface area contributed by atoms with Crippen molar-refractivity contribution in [2.75, 3.05) is 10.2 Å². The number of anilines is 2. The molecule has 188 valence electrons. The lowest BCUT2D eigenvalue weighted by molar-refractivity contribution is -0.127. The van der Waals surface area contributed by atoms with Crippen molar-refractivity contribution in [3.05, 3.63) is 89.1 Å². The first-order valence-corrected chi connectivity index (χ1v) is 12.1. The quantitative estimate of drug-likeness (QED) is 0.444. The largest absolute Gasteiger partial charge is 0.352 e. The average molecular weight is 487 g/mol. The van der Waals surface area contributed by atoms with Crippen LogP contribution in [0.5, 0.6) is 0 Å².